The maximum atomic E-state index is 12.1. The molecule has 184 valence electrons. The first-order valence-electron chi connectivity index (χ1n) is 11.6. The Hall–Kier alpha value is -0.760. The van der Waals surface area contributed by atoms with Crippen molar-refractivity contribution in [3.8, 4) is 0 Å². The molecule has 0 spiro atoms. The molecule has 2 N–H and O–H groups in total. The maximum Gasteiger partial charge on any atom is 0.268 e. The average molecular weight is 465 g/mol. The molecule has 0 radical (unpaired) electrons. The number of hydrogen-bond acceptors (Lipinski definition) is 6. The Morgan fingerprint density at radius 1 is 1.10 bits per heavy atom. The molecule has 9 heteroatoms. The topological polar surface area (TPSA) is 108 Å². The molecule has 0 heterocycles. The molecule has 0 aromatic carbocycles. The fourth-order valence-corrected chi connectivity index (χ4v) is 3.44. The fraction of sp³-hybridized carbons (Fsp3) is 0.864. The predicted octanol–water partition coefficient (Wildman–Crippen LogP) is 3.15. The SMILES string of the molecule is CCCCCCC/C=C/C(O)C(COP(=O)([O-])OCC[N+](C)(C)C)NC(=O)CCCC. The van der Waals surface area contributed by atoms with E-state index in [4.69, 9.17) is 9.05 Å². The van der Waals surface area contributed by atoms with E-state index in [0.717, 1.165) is 32.1 Å². The zero-order valence-electron chi connectivity index (χ0n) is 20.2. The van der Waals surface area contributed by atoms with Crippen LogP contribution >= 0.6 is 7.82 Å². The first-order chi connectivity index (χ1) is 14.5. The Morgan fingerprint density at radius 3 is 2.35 bits per heavy atom. The number of nitrogens with zero attached hydrogens (tertiary/aromatic N) is 1. The number of likely N-dealkylation sites (N-methyl/N-ethyl adjacent to an activating group) is 1. The van der Waals surface area contributed by atoms with Gasteiger partial charge in [-0.15, -0.1) is 0 Å². The second kappa shape index (κ2) is 16.8. The third-order valence-corrected chi connectivity index (χ3v) is 5.71. The number of carbonyl (C=O) groups excluding carboxylic acids is 1. The molecule has 3 unspecified atom stereocenters. The third-order valence-electron chi connectivity index (χ3n) is 4.75. The highest BCUT2D eigenvalue weighted by Gasteiger charge is 2.23. The van der Waals surface area contributed by atoms with E-state index in [-0.39, 0.29) is 19.1 Å². The second-order valence-corrected chi connectivity index (χ2v) is 10.4. The van der Waals surface area contributed by atoms with E-state index in [2.05, 4.69) is 12.2 Å². The summed E-state index contributed by atoms with van der Waals surface area (Å²) >= 11 is 0. The summed E-state index contributed by atoms with van der Waals surface area (Å²) in [5, 5.41) is 13.2. The molecule has 0 saturated heterocycles. The van der Waals surface area contributed by atoms with Crippen LogP contribution in [0.3, 0.4) is 0 Å². The number of phosphoric acid groups is 1. The van der Waals surface area contributed by atoms with Crippen molar-refractivity contribution in [3.05, 3.63) is 12.2 Å². The number of rotatable bonds is 19. The highest BCUT2D eigenvalue weighted by Crippen LogP contribution is 2.38. The van der Waals surface area contributed by atoms with Gasteiger partial charge in [0, 0.05) is 6.42 Å². The average Bonchev–Trinajstić information content (AvgIpc) is 2.67. The summed E-state index contributed by atoms with van der Waals surface area (Å²) < 4.78 is 22.5. The minimum absolute atomic E-state index is 0.00170. The number of carbonyl (C=O) groups is 1. The van der Waals surface area contributed by atoms with E-state index in [1.54, 1.807) is 6.08 Å². The Kier molecular flexibility index (Phi) is 16.4. The number of quaternary nitrogens is 1. The summed E-state index contributed by atoms with van der Waals surface area (Å²) in [6.45, 7) is 4.26. The summed E-state index contributed by atoms with van der Waals surface area (Å²) in [4.78, 5) is 24.2. The number of phosphoric ester groups is 1. The van der Waals surface area contributed by atoms with Crippen molar-refractivity contribution >= 4 is 13.7 Å². The lowest BCUT2D eigenvalue weighted by Gasteiger charge is -2.29. The highest BCUT2D eigenvalue weighted by atomic mass is 31.2. The van der Waals surface area contributed by atoms with Gasteiger partial charge in [-0.3, -0.25) is 9.36 Å². The molecule has 8 nitrogen and oxygen atoms in total. The molecule has 1 amide bonds. The zero-order valence-corrected chi connectivity index (χ0v) is 21.1. The normalized spacial score (nSPS) is 16.2. The van der Waals surface area contributed by atoms with Gasteiger partial charge in [0.05, 0.1) is 39.9 Å². The Morgan fingerprint density at radius 2 is 1.74 bits per heavy atom. The van der Waals surface area contributed by atoms with Crippen molar-refractivity contribution < 1.29 is 32.9 Å². The van der Waals surface area contributed by atoms with Crippen LogP contribution in [0, 0.1) is 0 Å². The van der Waals surface area contributed by atoms with Crippen LogP contribution in [0.5, 0.6) is 0 Å². The van der Waals surface area contributed by atoms with Crippen molar-refractivity contribution in [2.75, 3.05) is 40.9 Å². The van der Waals surface area contributed by atoms with Gasteiger partial charge >= 0.3 is 0 Å². The number of hydrogen-bond donors (Lipinski definition) is 2. The van der Waals surface area contributed by atoms with Crippen LogP contribution < -0.4 is 10.2 Å². The fourth-order valence-electron chi connectivity index (χ4n) is 2.71. The first-order valence-corrected chi connectivity index (χ1v) is 13.0. The molecule has 0 fully saturated rings. The summed E-state index contributed by atoms with van der Waals surface area (Å²) in [7, 11) is 1.24. The van der Waals surface area contributed by atoms with Crippen molar-refractivity contribution in [2.24, 2.45) is 0 Å². The van der Waals surface area contributed by atoms with Gasteiger partial charge in [0.2, 0.25) is 5.91 Å². The number of allylic oxidation sites excluding steroid dienone is 1. The monoisotopic (exact) mass is 464 g/mol. The second-order valence-electron chi connectivity index (χ2n) is 8.99. The van der Waals surface area contributed by atoms with Gasteiger partial charge in [-0.25, -0.2) is 0 Å². The lowest BCUT2D eigenvalue weighted by atomic mass is 10.1. The van der Waals surface area contributed by atoms with Gasteiger partial charge in [0.25, 0.3) is 7.82 Å². The van der Waals surface area contributed by atoms with E-state index >= 15 is 0 Å². The summed E-state index contributed by atoms with van der Waals surface area (Å²) in [6.07, 6.45) is 10.9. The molecule has 0 aliphatic heterocycles. The molecule has 0 aromatic rings. The summed E-state index contributed by atoms with van der Waals surface area (Å²) in [5.74, 6) is -0.242. The van der Waals surface area contributed by atoms with Gasteiger partial charge < -0.3 is 28.8 Å². The van der Waals surface area contributed by atoms with Crippen molar-refractivity contribution in [1.82, 2.24) is 5.32 Å². The summed E-state index contributed by atoms with van der Waals surface area (Å²) in [5.41, 5.74) is 0. The van der Waals surface area contributed by atoms with Crippen LogP contribution in [0.1, 0.15) is 71.6 Å². The van der Waals surface area contributed by atoms with Gasteiger partial charge in [-0.1, -0.05) is 58.1 Å². The molecule has 0 aromatic heterocycles. The molecule has 0 saturated carbocycles. The van der Waals surface area contributed by atoms with Gasteiger partial charge in [0.1, 0.15) is 13.2 Å². The minimum atomic E-state index is -4.53. The molecule has 3 atom stereocenters. The lowest BCUT2D eigenvalue weighted by molar-refractivity contribution is -0.870. The minimum Gasteiger partial charge on any atom is -0.756 e. The Bertz CT molecular complexity index is 551. The molecule has 0 aliphatic carbocycles. The number of unbranched alkanes of at least 4 members (excludes halogenated alkanes) is 6. The van der Waals surface area contributed by atoms with Crippen molar-refractivity contribution in [1.29, 1.82) is 0 Å². The van der Waals surface area contributed by atoms with Gasteiger partial charge in [0.15, 0.2) is 0 Å². The van der Waals surface area contributed by atoms with Crippen LogP contribution in [0.2, 0.25) is 0 Å². The molecule has 0 aliphatic rings. The molecule has 0 rings (SSSR count). The molecule has 0 bridgehead atoms. The smallest absolute Gasteiger partial charge is 0.268 e. The molecular formula is C22H45N2O6P. The highest BCUT2D eigenvalue weighted by molar-refractivity contribution is 7.45. The van der Waals surface area contributed by atoms with Crippen molar-refractivity contribution in [3.63, 3.8) is 0 Å². The largest absolute Gasteiger partial charge is 0.756 e. The van der Waals surface area contributed by atoms with E-state index in [1.165, 1.54) is 19.3 Å². The Labute approximate surface area is 189 Å². The first kappa shape index (κ1) is 30.2. The molecular weight excluding hydrogens is 419 g/mol. The van der Waals surface area contributed by atoms with E-state index < -0.39 is 20.0 Å². The van der Waals surface area contributed by atoms with Crippen LogP contribution in [0.4, 0.5) is 0 Å². The van der Waals surface area contributed by atoms with E-state index in [1.807, 2.05) is 34.1 Å². The zero-order chi connectivity index (χ0) is 23.8. The number of nitrogens with one attached hydrogen (secondary N) is 1. The molecule has 31 heavy (non-hydrogen) atoms. The van der Waals surface area contributed by atoms with Crippen LogP contribution in [-0.4, -0.2) is 68.5 Å². The van der Waals surface area contributed by atoms with Crippen LogP contribution in [0.25, 0.3) is 0 Å². The maximum absolute atomic E-state index is 12.1. The number of amides is 1. The van der Waals surface area contributed by atoms with Crippen LogP contribution in [0.15, 0.2) is 12.2 Å². The predicted molar refractivity (Wildman–Crippen MR) is 122 cm³/mol. The van der Waals surface area contributed by atoms with E-state index in [9.17, 15) is 19.4 Å². The summed E-state index contributed by atoms with van der Waals surface area (Å²) in [6, 6.07) is -0.870. The third kappa shape index (κ3) is 18.5. The number of aliphatic hydroxyl groups excluding tert-OH is 1. The van der Waals surface area contributed by atoms with Gasteiger partial charge in [-0.05, 0) is 19.3 Å². The lowest BCUT2D eigenvalue weighted by Crippen LogP contribution is -2.45. The number of aliphatic hydroxyl groups is 1. The van der Waals surface area contributed by atoms with Crippen molar-refractivity contribution in [2.45, 2.75) is 83.8 Å². The quantitative estimate of drug-likeness (QED) is 0.132. The van der Waals surface area contributed by atoms with E-state index in [0.29, 0.717) is 17.4 Å². The Balaban J connectivity index is 4.73. The van der Waals surface area contributed by atoms with Crippen LogP contribution in [-0.2, 0) is 18.4 Å². The van der Waals surface area contributed by atoms with Gasteiger partial charge in [-0.2, -0.15) is 0 Å². The standard InChI is InChI=1S/C22H45N2O6P/c1-6-8-10-11-12-13-14-15-21(25)20(23-22(26)16-9-7-2)19-30-31(27,28)29-18-17-24(3,4)5/h14-15,20-21,25H,6-13,16-19H2,1-5H3,(H-,23,26,27,28)/b15-14+.